The molecule has 4 heteroatoms. The molecular formula is C19H20N2O2. The van der Waals surface area contributed by atoms with E-state index < -0.39 is 5.41 Å². The second kappa shape index (κ2) is 5.54. The van der Waals surface area contributed by atoms with Crippen molar-refractivity contribution in [3.63, 3.8) is 0 Å². The number of hydrogen-bond acceptors (Lipinski definition) is 2. The molecule has 3 rings (SSSR count). The Morgan fingerprint density at radius 3 is 2.70 bits per heavy atom. The van der Waals surface area contributed by atoms with Crippen molar-refractivity contribution in [2.24, 2.45) is 0 Å². The van der Waals surface area contributed by atoms with Crippen LogP contribution in [-0.2, 0) is 16.8 Å². The molecule has 2 N–H and O–H groups in total. The van der Waals surface area contributed by atoms with Crippen molar-refractivity contribution in [3.8, 4) is 0 Å². The Morgan fingerprint density at radius 2 is 1.96 bits per heavy atom. The van der Waals surface area contributed by atoms with Gasteiger partial charge in [-0.1, -0.05) is 29.8 Å². The first-order valence-electron chi connectivity index (χ1n) is 7.67. The van der Waals surface area contributed by atoms with Gasteiger partial charge >= 0.3 is 0 Å². The fourth-order valence-corrected chi connectivity index (χ4v) is 2.82. The standard InChI is InChI=1S/C19H20N2O2/c1-12-5-4-6-13(9-12)11-20-17(22)14-7-8-16-15(10-14)19(2,3)18(23)21-16/h4-10H,11H2,1-3H3,(H,20,22)(H,21,23). The van der Waals surface area contributed by atoms with Gasteiger partial charge in [0.2, 0.25) is 5.91 Å². The van der Waals surface area contributed by atoms with Gasteiger partial charge in [0.1, 0.15) is 0 Å². The fraction of sp³-hybridized carbons (Fsp3) is 0.263. The highest BCUT2D eigenvalue weighted by Gasteiger charge is 2.38. The Bertz CT molecular complexity index is 794. The molecule has 0 aliphatic carbocycles. The molecule has 2 aromatic rings. The third-order valence-electron chi connectivity index (χ3n) is 4.31. The maximum atomic E-state index is 12.4. The highest BCUT2D eigenvalue weighted by atomic mass is 16.2. The topological polar surface area (TPSA) is 58.2 Å². The Hall–Kier alpha value is -2.62. The van der Waals surface area contributed by atoms with E-state index in [4.69, 9.17) is 0 Å². The lowest BCUT2D eigenvalue weighted by atomic mass is 9.85. The SMILES string of the molecule is Cc1cccc(CNC(=O)c2ccc3c(c2)C(C)(C)C(=O)N3)c1. The van der Waals surface area contributed by atoms with Gasteiger partial charge in [-0.2, -0.15) is 0 Å². The molecule has 0 unspecified atom stereocenters. The first-order valence-corrected chi connectivity index (χ1v) is 7.67. The maximum Gasteiger partial charge on any atom is 0.251 e. The molecule has 0 radical (unpaired) electrons. The molecule has 1 aliphatic heterocycles. The number of aryl methyl sites for hydroxylation is 1. The second-order valence-electron chi connectivity index (χ2n) is 6.51. The van der Waals surface area contributed by atoms with Gasteiger partial charge in [-0.3, -0.25) is 9.59 Å². The molecule has 4 nitrogen and oxygen atoms in total. The van der Waals surface area contributed by atoms with Crippen LogP contribution in [0.15, 0.2) is 42.5 Å². The van der Waals surface area contributed by atoms with E-state index in [0.717, 1.165) is 16.8 Å². The van der Waals surface area contributed by atoms with Gasteiger partial charge < -0.3 is 10.6 Å². The van der Waals surface area contributed by atoms with Crippen LogP contribution in [0.5, 0.6) is 0 Å². The van der Waals surface area contributed by atoms with E-state index in [1.165, 1.54) is 5.56 Å². The Balaban J connectivity index is 1.77. The summed E-state index contributed by atoms with van der Waals surface area (Å²) in [4.78, 5) is 24.3. The van der Waals surface area contributed by atoms with Crippen LogP contribution in [0, 0.1) is 6.92 Å². The van der Waals surface area contributed by atoms with Gasteiger partial charge in [0.15, 0.2) is 0 Å². The van der Waals surface area contributed by atoms with Gasteiger partial charge in [-0.05, 0) is 50.1 Å². The number of carbonyl (C=O) groups excluding carboxylic acids is 2. The zero-order chi connectivity index (χ0) is 16.6. The number of benzene rings is 2. The average Bonchev–Trinajstić information content (AvgIpc) is 2.74. The van der Waals surface area contributed by atoms with Gasteiger partial charge in [0.05, 0.1) is 5.41 Å². The normalized spacial score (nSPS) is 15.0. The third kappa shape index (κ3) is 2.84. The van der Waals surface area contributed by atoms with Crippen molar-refractivity contribution in [1.29, 1.82) is 0 Å². The highest BCUT2D eigenvalue weighted by Crippen LogP contribution is 2.37. The monoisotopic (exact) mass is 308 g/mol. The van der Waals surface area contributed by atoms with Crippen molar-refractivity contribution in [3.05, 3.63) is 64.7 Å². The van der Waals surface area contributed by atoms with E-state index in [1.54, 1.807) is 18.2 Å². The number of rotatable bonds is 3. The minimum Gasteiger partial charge on any atom is -0.348 e. The number of hydrogen-bond donors (Lipinski definition) is 2. The molecule has 0 spiro atoms. The fourth-order valence-electron chi connectivity index (χ4n) is 2.82. The molecule has 2 aromatic carbocycles. The zero-order valence-electron chi connectivity index (χ0n) is 13.6. The Kier molecular flexibility index (Phi) is 3.68. The summed E-state index contributed by atoms with van der Waals surface area (Å²) in [5.74, 6) is -0.172. The predicted molar refractivity (Wildman–Crippen MR) is 90.4 cm³/mol. The summed E-state index contributed by atoms with van der Waals surface area (Å²) in [6, 6.07) is 13.4. The summed E-state index contributed by atoms with van der Waals surface area (Å²) >= 11 is 0. The van der Waals surface area contributed by atoms with Crippen LogP contribution >= 0.6 is 0 Å². The largest absolute Gasteiger partial charge is 0.348 e. The maximum absolute atomic E-state index is 12.4. The predicted octanol–water partition coefficient (Wildman–Crippen LogP) is 3.15. The Labute approximate surface area is 135 Å². The van der Waals surface area contributed by atoms with E-state index in [2.05, 4.69) is 16.7 Å². The van der Waals surface area contributed by atoms with Gasteiger partial charge in [0.25, 0.3) is 5.91 Å². The summed E-state index contributed by atoms with van der Waals surface area (Å²) in [6.45, 7) is 6.24. The average molecular weight is 308 g/mol. The third-order valence-corrected chi connectivity index (χ3v) is 4.31. The van der Waals surface area contributed by atoms with Gasteiger partial charge in [-0.25, -0.2) is 0 Å². The molecule has 0 aromatic heterocycles. The van der Waals surface area contributed by atoms with Crippen LogP contribution in [0.25, 0.3) is 0 Å². The Morgan fingerprint density at radius 1 is 1.17 bits per heavy atom. The number of anilines is 1. The second-order valence-corrected chi connectivity index (χ2v) is 6.51. The van der Waals surface area contributed by atoms with E-state index in [-0.39, 0.29) is 11.8 Å². The molecule has 1 heterocycles. The van der Waals surface area contributed by atoms with Gasteiger partial charge in [-0.15, -0.1) is 0 Å². The molecule has 0 fully saturated rings. The molecule has 23 heavy (non-hydrogen) atoms. The van der Waals surface area contributed by atoms with Crippen molar-refractivity contribution < 1.29 is 9.59 Å². The molecule has 1 aliphatic rings. The highest BCUT2D eigenvalue weighted by molar-refractivity contribution is 6.07. The molecule has 0 saturated heterocycles. The number of amides is 2. The number of carbonyl (C=O) groups is 2. The summed E-state index contributed by atoms with van der Waals surface area (Å²) in [5, 5.41) is 5.78. The van der Waals surface area contributed by atoms with Crippen molar-refractivity contribution in [2.45, 2.75) is 32.7 Å². The lowest BCUT2D eigenvalue weighted by Gasteiger charge is -2.15. The number of nitrogens with one attached hydrogen (secondary N) is 2. The van der Waals surface area contributed by atoms with E-state index in [9.17, 15) is 9.59 Å². The lowest BCUT2D eigenvalue weighted by Crippen LogP contribution is -2.27. The van der Waals surface area contributed by atoms with Crippen LogP contribution in [0.4, 0.5) is 5.69 Å². The molecule has 118 valence electrons. The minimum atomic E-state index is -0.609. The number of fused-ring (bicyclic) bond motifs is 1. The molecule has 0 atom stereocenters. The smallest absolute Gasteiger partial charge is 0.251 e. The molecular weight excluding hydrogens is 288 g/mol. The van der Waals surface area contributed by atoms with E-state index in [1.807, 2.05) is 39.0 Å². The van der Waals surface area contributed by atoms with E-state index in [0.29, 0.717) is 12.1 Å². The van der Waals surface area contributed by atoms with Crippen molar-refractivity contribution in [1.82, 2.24) is 5.32 Å². The first kappa shape index (κ1) is 15.3. The van der Waals surface area contributed by atoms with Crippen LogP contribution in [0.1, 0.15) is 40.9 Å². The van der Waals surface area contributed by atoms with Crippen molar-refractivity contribution >= 4 is 17.5 Å². The van der Waals surface area contributed by atoms with Crippen LogP contribution in [0.2, 0.25) is 0 Å². The first-order chi connectivity index (χ1) is 10.9. The molecule has 0 bridgehead atoms. The summed E-state index contributed by atoms with van der Waals surface area (Å²) < 4.78 is 0. The van der Waals surface area contributed by atoms with Crippen LogP contribution in [-0.4, -0.2) is 11.8 Å². The summed E-state index contributed by atoms with van der Waals surface area (Å²) in [5.41, 5.74) is 3.85. The van der Waals surface area contributed by atoms with E-state index >= 15 is 0 Å². The van der Waals surface area contributed by atoms with Crippen LogP contribution in [0.3, 0.4) is 0 Å². The van der Waals surface area contributed by atoms with Crippen LogP contribution < -0.4 is 10.6 Å². The quantitative estimate of drug-likeness (QED) is 0.915. The molecule has 0 saturated carbocycles. The lowest BCUT2D eigenvalue weighted by molar-refractivity contribution is -0.119. The van der Waals surface area contributed by atoms with Crippen molar-refractivity contribution in [2.75, 3.05) is 5.32 Å². The van der Waals surface area contributed by atoms with Gasteiger partial charge in [0, 0.05) is 17.8 Å². The summed E-state index contributed by atoms with van der Waals surface area (Å²) in [6.07, 6.45) is 0. The zero-order valence-corrected chi connectivity index (χ0v) is 13.6. The molecule has 2 amide bonds. The minimum absolute atomic E-state index is 0.0372. The summed E-state index contributed by atoms with van der Waals surface area (Å²) in [7, 11) is 0.